The minimum Gasteiger partial charge on any atom is -0.404 e. The highest BCUT2D eigenvalue weighted by Gasteiger charge is 2.19. The van der Waals surface area contributed by atoms with Crippen molar-refractivity contribution in [3.8, 4) is 0 Å². The van der Waals surface area contributed by atoms with E-state index in [4.69, 9.17) is 11.5 Å². The molecule has 0 saturated carbocycles. The fraction of sp³-hybridized carbons (Fsp3) is 0.0556. The van der Waals surface area contributed by atoms with E-state index in [0.29, 0.717) is 16.8 Å². The van der Waals surface area contributed by atoms with Crippen molar-refractivity contribution >= 4 is 17.2 Å². The van der Waals surface area contributed by atoms with Gasteiger partial charge in [-0.1, -0.05) is 60.7 Å². The Balaban J connectivity index is 2.63. The van der Waals surface area contributed by atoms with Gasteiger partial charge in [0.15, 0.2) is 0 Å². The molecule has 1 amide bonds. The zero-order chi connectivity index (χ0) is 15.9. The average molecular weight is 293 g/mol. The molecule has 2 aromatic rings. The van der Waals surface area contributed by atoms with E-state index >= 15 is 0 Å². The lowest BCUT2D eigenvalue weighted by molar-refractivity contribution is -0.116. The van der Waals surface area contributed by atoms with Gasteiger partial charge < -0.3 is 16.8 Å². The van der Waals surface area contributed by atoms with Gasteiger partial charge in [0.25, 0.3) is 5.91 Å². The Bertz CT molecular complexity index is 704. The van der Waals surface area contributed by atoms with E-state index in [1.807, 2.05) is 60.7 Å². The van der Waals surface area contributed by atoms with Crippen LogP contribution in [-0.4, -0.2) is 13.0 Å². The molecule has 0 atom stereocenters. The lowest BCUT2D eigenvalue weighted by Crippen LogP contribution is -2.24. The molecule has 112 valence electrons. The van der Waals surface area contributed by atoms with Crippen molar-refractivity contribution in [2.75, 3.05) is 7.05 Å². The number of benzene rings is 2. The standard InChI is InChI=1S/C18H19N3O/c1-21-18(22)16(17(20)14-10-6-3-7-11-14)15(12-19)13-8-4-2-5-9-13/h2-12H,19-20H2,1H3,(H,21,22)/b15-12-,17-16+. The Hall–Kier alpha value is -3.01. The minimum absolute atomic E-state index is 0.276. The second kappa shape index (κ2) is 7.13. The van der Waals surface area contributed by atoms with E-state index < -0.39 is 0 Å². The van der Waals surface area contributed by atoms with Gasteiger partial charge in [0.2, 0.25) is 0 Å². The lowest BCUT2D eigenvalue weighted by Gasteiger charge is -2.15. The number of hydrogen-bond acceptors (Lipinski definition) is 3. The van der Waals surface area contributed by atoms with E-state index in [-0.39, 0.29) is 5.91 Å². The van der Waals surface area contributed by atoms with Gasteiger partial charge in [-0.2, -0.15) is 0 Å². The van der Waals surface area contributed by atoms with Gasteiger partial charge in [0.1, 0.15) is 0 Å². The van der Waals surface area contributed by atoms with Crippen LogP contribution in [0.5, 0.6) is 0 Å². The molecule has 0 aliphatic rings. The molecule has 0 bridgehead atoms. The number of nitrogens with one attached hydrogen (secondary N) is 1. The number of carbonyl (C=O) groups excluding carboxylic acids is 1. The van der Waals surface area contributed by atoms with Crippen molar-refractivity contribution in [3.05, 3.63) is 83.6 Å². The number of amides is 1. The SMILES string of the molecule is CNC(=O)C(/C(=C\N)c1ccccc1)=C(/N)c1ccccc1. The highest BCUT2D eigenvalue weighted by Crippen LogP contribution is 2.27. The summed E-state index contributed by atoms with van der Waals surface area (Å²) in [6, 6.07) is 18.8. The maximum absolute atomic E-state index is 12.4. The molecular weight excluding hydrogens is 274 g/mol. The number of likely N-dealkylation sites (N-methyl/N-ethyl adjacent to an activating group) is 1. The normalized spacial score (nSPS) is 12.5. The predicted molar refractivity (Wildman–Crippen MR) is 90.2 cm³/mol. The van der Waals surface area contributed by atoms with Crippen molar-refractivity contribution in [1.82, 2.24) is 5.32 Å². The Kier molecular flexibility index (Phi) is 4.98. The Morgan fingerprint density at radius 1 is 0.955 bits per heavy atom. The molecule has 0 fully saturated rings. The van der Waals surface area contributed by atoms with Crippen LogP contribution in [0.3, 0.4) is 0 Å². The Morgan fingerprint density at radius 3 is 1.91 bits per heavy atom. The van der Waals surface area contributed by atoms with Crippen LogP contribution in [0.25, 0.3) is 11.3 Å². The summed E-state index contributed by atoms with van der Waals surface area (Å²) in [6.45, 7) is 0. The van der Waals surface area contributed by atoms with Crippen molar-refractivity contribution < 1.29 is 4.79 Å². The third-order valence-corrected chi connectivity index (χ3v) is 3.33. The van der Waals surface area contributed by atoms with Crippen LogP contribution in [0.2, 0.25) is 0 Å². The van der Waals surface area contributed by atoms with Crippen LogP contribution in [0.4, 0.5) is 0 Å². The fourth-order valence-corrected chi connectivity index (χ4v) is 2.22. The molecule has 5 N–H and O–H groups in total. The third kappa shape index (κ3) is 3.17. The molecular formula is C18H19N3O. The van der Waals surface area contributed by atoms with E-state index in [1.54, 1.807) is 7.05 Å². The number of rotatable bonds is 4. The molecule has 0 aliphatic carbocycles. The van der Waals surface area contributed by atoms with Crippen LogP contribution in [-0.2, 0) is 4.79 Å². The van der Waals surface area contributed by atoms with Crippen LogP contribution in [0.1, 0.15) is 11.1 Å². The second-order valence-corrected chi connectivity index (χ2v) is 4.68. The van der Waals surface area contributed by atoms with Gasteiger partial charge in [-0.15, -0.1) is 0 Å². The third-order valence-electron chi connectivity index (χ3n) is 3.33. The molecule has 0 unspecified atom stereocenters. The summed E-state index contributed by atoms with van der Waals surface area (Å²) < 4.78 is 0. The largest absolute Gasteiger partial charge is 0.404 e. The molecule has 22 heavy (non-hydrogen) atoms. The first-order valence-electron chi connectivity index (χ1n) is 6.94. The van der Waals surface area contributed by atoms with Gasteiger partial charge in [-0.3, -0.25) is 4.79 Å². The topological polar surface area (TPSA) is 81.1 Å². The van der Waals surface area contributed by atoms with E-state index in [1.165, 1.54) is 6.20 Å². The molecule has 2 rings (SSSR count). The smallest absolute Gasteiger partial charge is 0.253 e. The molecule has 2 aromatic carbocycles. The first kappa shape index (κ1) is 15.4. The van der Waals surface area contributed by atoms with Crippen molar-refractivity contribution in [1.29, 1.82) is 0 Å². The van der Waals surface area contributed by atoms with Gasteiger partial charge in [-0.05, 0) is 11.1 Å². The second-order valence-electron chi connectivity index (χ2n) is 4.68. The molecule has 0 heterocycles. The van der Waals surface area contributed by atoms with Gasteiger partial charge >= 0.3 is 0 Å². The van der Waals surface area contributed by atoms with Crippen molar-refractivity contribution in [2.24, 2.45) is 11.5 Å². The van der Waals surface area contributed by atoms with Gasteiger partial charge in [0.05, 0.1) is 11.3 Å². The highest BCUT2D eigenvalue weighted by atomic mass is 16.1. The first-order chi connectivity index (χ1) is 10.7. The lowest BCUT2D eigenvalue weighted by atomic mass is 9.94. The summed E-state index contributed by atoms with van der Waals surface area (Å²) in [6.07, 6.45) is 1.41. The van der Waals surface area contributed by atoms with Gasteiger partial charge in [-0.25, -0.2) is 0 Å². The zero-order valence-electron chi connectivity index (χ0n) is 12.4. The average Bonchev–Trinajstić information content (AvgIpc) is 2.60. The highest BCUT2D eigenvalue weighted by molar-refractivity contribution is 6.14. The number of nitrogens with two attached hydrogens (primary N) is 2. The fourth-order valence-electron chi connectivity index (χ4n) is 2.22. The molecule has 0 radical (unpaired) electrons. The maximum Gasteiger partial charge on any atom is 0.253 e. The quantitative estimate of drug-likeness (QED) is 0.596. The molecule has 0 aromatic heterocycles. The first-order valence-corrected chi connectivity index (χ1v) is 6.94. The summed E-state index contributed by atoms with van der Waals surface area (Å²) in [5.74, 6) is -0.276. The summed E-state index contributed by atoms with van der Waals surface area (Å²) in [5, 5.41) is 2.63. The van der Waals surface area contributed by atoms with Crippen molar-refractivity contribution in [3.63, 3.8) is 0 Å². The molecule has 0 aliphatic heterocycles. The molecule has 0 spiro atoms. The summed E-state index contributed by atoms with van der Waals surface area (Å²) in [4.78, 5) is 12.4. The Morgan fingerprint density at radius 2 is 1.45 bits per heavy atom. The monoisotopic (exact) mass is 293 g/mol. The predicted octanol–water partition coefficient (Wildman–Crippen LogP) is 2.10. The van der Waals surface area contributed by atoms with E-state index in [2.05, 4.69) is 5.32 Å². The number of carbonyl (C=O) groups is 1. The van der Waals surface area contributed by atoms with E-state index in [0.717, 1.165) is 11.1 Å². The Labute approximate surface area is 130 Å². The summed E-state index contributed by atoms with van der Waals surface area (Å²) in [5.41, 5.74) is 15.0. The van der Waals surface area contributed by atoms with Crippen LogP contribution >= 0.6 is 0 Å². The van der Waals surface area contributed by atoms with Crippen LogP contribution < -0.4 is 16.8 Å². The van der Waals surface area contributed by atoms with Crippen LogP contribution in [0.15, 0.2) is 72.4 Å². The molecule has 0 saturated heterocycles. The number of hydrogen-bond donors (Lipinski definition) is 3. The maximum atomic E-state index is 12.4. The summed E-state index contributed by atoms with van der Waals surface area (Å²) >= 11 is 0. The van der Waals surface area contributed by atoms with Crippen molar-refractivity contribution in [2.45, 2.75) is 0 Å². The van der Waals surface area contributed by atoms with Gasteiger partial charge in [0, 0.05) is 18.8 Å². The molecule has 4 heteroatoms. The van der Waals surface area contributed by atoms with E-state index in [9.17, 15) is 4.79 Å². The minimum atomic E-state index is -0.276. The van der Waals surface area contributed by atoms with Crippen LogP contribution in [0, 0.1) is 0 Å². The summed E-state index contributed by atoms with van der Waals surface area (Å²) in [7, 11) is 1.57. The molecule has 4 nitrogen and oxygen atoms in total. The zero-order valence-corrected chi connectivity index (χ0v) is 12.4.